The maximum atomic E-state index is 10.6. The minimum absolute atomic E-state index is 0.0384. The molecule has 1 heterocycles. The number of allylic oxidation sites excluding steroid dienone is 1. The lowest BCUT2D eigenvalue weighted by atomic mass is 9.77. The second kappa shape index (κ2) is 3.36. The van der Waals surface area contributed by atoms with Crippen molar-refractivity contribution in [1.82, 2.24) is 0 Å². The molecule has 2 aliphatic carbocycles. The number of ether oxygens (including phenoxy) is 1. The van der Waals surface area contributed by atoms with Crippen molar-refractivity contribution in [3.63, 3.8) is 0 Å². The molecule has 2 heteroatoms. The van der Waals surface area contributed by atoms with E-state index in [2.05, 4.69) is 20.4 Å². The van der Waals surface area contributed by atoms with Gasteiger partial charge in [-0.15, -0.1) is 0 Å². The Balaban J connectivity index is 1.96. The summed E-state index contributed by atoms with van der Waals surface area (Å²) in [5, 5.41) is 10.6. The van der Waals surface area contributed by atoms with Gasteiger partial charge in [0.05, 0.1) is 17.3 Å². The zero-order valence-electron chi connectivity index (χ0n) is 11.2. The average molecular weight is 236 g/mol. The van der Waals surface area contributed by atoms with Gasteiger partial charge in [-0.3, -0.25) is 0 Å². The van der Waals surface area contributed by atoms with Crippen LogP contribution in [-0.2, 0) is 4.74 Å². The molecule has 3 fully saturated rings. The lowest BCUT2D eigenvalue weighted by molar-refractivity contribution is 0.00193. The zero-order chi connectivity index (χ0) is 12.4. The molecule has 0 aromatic carbocycles. The van der Waals surface area contributed by atoms with Crippen LogP contribution in [0, 0.1) is 17.8 Å². The molecule has 3 aliphatic rings. The highest BCUT2D eigenvalue weighted by molar-refractivity contribution is 5.23. The second-order valence-corrected chi connectivity index (χ2v) is 6.83. The van der Waals surface area contributed by atoms with Gasteiger partial charge in [-0.05, 0) is 44.4 Å². The third kappa shape index (κ3) is 1.47. The Labute approximate surface area is 104 Å². The van der Waals surface area contributed by atoms with Crippen LogP contribution in [0.3, 0.4) is 0 Å². The van der Waals surface area contributed by atoms with E-state index in [9.17, 15) is 5.11 Å². The zero-order valence-corrected chi connectivity index (χ0v) is 11.2. The molecule has 96 valence electrons. The van der Waals surface area contributed by atoms with Crippen molar-refractivity contribution in [3.05, 3.63) is 12.2 Å². The molecule has 2 nitrogen and oxygen atoms in total. The first-order valence-corrected chi connectivity index (χ1v) is 6.96. The van der Waals surface area contributed by atoms with Gasteiger partial charge in [0.25, 0.3) is 0 Å². The van der Waals surface area contributed by atoms with Gasteiger partial charge in [-0.1, -0.05) is 26.0 Å². The van der Waals surface area contributed by atoms with Crippen LogP contribution in [0.4, 0.5) is 0 Å². The summed E-state index contributed by atoms with van der Waals surface area (Å²) in [7, 11) is 0. The third-order valence-corrected chi connectivity index (χ3v) is 5.55. The summed E-state index contributed by atoms with van der Waals surface area (Å²) in [5.41, 5.74) is 0.833. The van der Waals surface area contributed by atoms with E-state index >= 15 is 0 Å². The molecule has 2 unspecified atom stereocenters. The van der Waals surface area contributed by atoms with E-state index < -0.39 is 5.60 Å². The fourth-order valence-corrected chi connectivity index (χ4v) is 4.30. The van der Waals surface area contributed by atoms with Crippen LogP contribution in [0.5, 0.6) is 0 Å². The normalized spacial score (nSPS) is 53.2. The molecule has 0 bridgehead atoms. The summed E-state index contributed by atoms with van der Waals surface area (Å²) in [6.07, 6.45) is 4.42. The van der Waals surface area contributed by atoms with Crippen LogP contribution in [0.1, 0.15) is 46.5 Å². The quantitative estimate of drug-likeness (QED) is 0.561. The minimum Gasteiger partial charge on any atom is -0.390 e. The van der Waals surface area contributed by atoms with Crippen LogP contribution in [0.25, 0.3) is 0 Å². The first-order chi connectivity index (χ1) is 7.88. The van der Waals surface area contributed by atoms with Crippen molar-refractivity contribution >= 4 is 0 Å². The summed E-state index contributed by atoms with van der Waals surface area (Å²) < 4.78 is 6.10. The fourth-order valence-electron chi connectivity index (χ4n) is 4.30. The summed E-state index contributed by atoms with van der Waals surface area (Å²) in [5.74, 6) is 1.30. The Kier molecular flexibility index (Phi) is 2.32. The smallest absolute Gasteiger partial charge is 0.0978 e. The number of rotatable bonds is 1. The molecule has 0 radical (unpaired) electrons. The van der Waals surface area contributed by atoms with Crippen molar-refractivity contribution in [3.8, 4) is 0 Å². The average Bonchev–Trinajstić information content (AvgIpc) is 2.88. The van der Waals surface area contributed by atoms with Gasteiger partial charge in [-0.2, -0.15) is 0 Å². The van der Waals surface area contributed by atoms with Crippen molar-refractivity contribution in [2.75, 3.05) is 0 Å². The summed E-state index contributed by atoms with van der Waals surface area (Å²) >= 11 is 0. The molecule has 1 saturated heterocycles. The van der Waals surface area contributed by atoms with Gasteiger partial charge in [-0.25, -0.2) is 0 Å². The Hall–Kier alpha value is -0.340. The van der Waals surface area contributed by atoms with Crippen molar-refractivity contribution in [1.29, 1.82) is 0 Å². The molecule has 3 rings (SSSR count). The standard InChI is InChI=1S/C15H24O2/c1-9(2)15-8-5-10(3)11-6-7-14(4,16)12(11)13(15)17-15/h9,11-13,16H,3,5-8H2,1-2,4H3/t11-,12?,13-,14?,15-/m1/s1. The molecule has 0 spiro atoms. The first-order valence-electron chi connectivity index (χ1n) is 6.96. The van der Waals surface area contributed by atoms with Crippen molar-refractivity contribution in [2.24, 2.45) is 17.8 Å². The third-order valence-electron chi connectivity index (χ3n) is 5.55. The maximum absolute atomic E-state index is 10.6. The van der Waals surface area contributed by atoms with Gasteiger partial charge in [0, 0.05) is 5.92 Å². The van der Waals surface area contributed by atoms with Crippen molar-refractivity contribution < 1.29 is 9.84 Å². The predicted molar refractivity (Wildman–Crippen MR) is 67.7 cm³/mol. The summed E-state index contributed by atoms with van der Waals surface area (Å²) in [6.45, 7) is 10.7. The maximum Gasteiger partial charge on any atom is 0.0978 e. The van der Waals surface area contributed by atoms with E-state index in [1.807, 2.05) is 6.92 Å². The van der Waals surface area contributed by atoms with Gasteiger partial charge in [0.2, 0.25) is 0 Å². The number of aliphatic hydroxyl groups is 1. The Bertz CT molecular complexity index is 358. The van der Waals surface area contributed by atoms with Crippen LogP contribution < -0.4 is 0 Å². The number of hydrogen-bond donors (Lipinski definition) is 1. The van der Waals surface area contributed by atoms with Gasteiger partial charge in [0.1, 0.15) is 0 Å². The predicted octanol–water partition coefficient (Wildman–Crippen LogP) is 2.91. The van der Waals surface area contributed by atoms with E-state index in [4.69, 9.17) is 4.74 Å². The van der Waals surface area contributed by atoms with Crippen LogP contribution in [0.2, 0.25) is 0 Å². The highest BCUT2D eigenvalue weighted by atomic mass is 16.6. The number of fused-ring (bicyclic) bond motifs is 3. The Morgan fingerprint density at radius 2 is 2.12 bits per heavy atom. The lowest BCUT2D eigenvalue weighted by Gasteiger charge is -2.28. The van der Waals surface area contributed by atoms with Gasteiger partial charge < -0.3 is 9.84 Å². The fraction of sp³-hybridized carbons (Fsp3) is 0.867. The monoisotopic (exact) mass is 236 g/mol. The molecule has 5 atom stereocenters. The molecule has 17 heavy (non-hydrogen) atoms. The van der Waals surface area contributed by atoms with Crippen LogP contribution in [0.15, 0.2) is 12.2 Å². The molecule has 0 aromatic heterocycles. The Morgan fingerprint density at radius 3 is 2.76 bits per heavy atom. The molecule has 0 aromatic rings. The first kappa shape index (κ1) is 11.7. The molecule has 1 aliphatic heterocycles. The number of hydrogen-bond acceptors (Lipinski definition) is 2. The SMILES string of the molecule is C=C1CC[C@]2(C(C)C)O[C@@H]2C2[C@@H]1CCC2(C)O. The van der Waals surface area contributed by atoms with Crippen LogP contribution in [-0.4, -0.2) is 22.4 Å². The van der Waals surface area contributed by atoms with E-state index in [0.29, 0.717) is 11.8 Å². The van der Waals surface area contributed by atoms with Gasteiger partial charge in [0.15, 0.2) is 0 Å². The largest absolute Gasteiger partial charge is 0.390 e. The molecular formula is C15H24O2. The summed E-state index contributed by atoms with van der Waals surface area (Å²) in [6, 6.07) is 0. The van der Waals surface area contributed by atoms with Crippen LogP contribution >= 0.6 is 0 Å². The van der Waals surface area contributed by atoms with E-state index in [-0.39, 0.29) is 17.6 Å². The van der Waals surface area contributed by atoms with Crippen molar-refractivity contribution in [2.45, 2.75) is 63.8 Å². The highest BCUT2D eigenvalue weighted by Crippen LogP contribution is 2.61. The molecular weight excluding hydrogens is 212 g/mol. The van der Waals surface area contributed by atoms with E-state index in [0.717, 1.165) is 25.7 Å². The second-order valence-electron chi connectivity index (χ2n) is 6.83. The van der Waals surface area contributed by atoms with E-state index in [1.54, 1.807) is 0 Å². The number of epoxide rings is 1. The topological polar surface area (TPSA) is 32.8 Å². The van der Waals surface area contributed by atoms with E-state index in [1.165, 1.54) is 5.57 Å². The Morgan fingerprint density at radius 1 is 1.41 bits per heavy atom. The minimum atomic E-state index is -0.556. The summed E-state index contributed by atoms with van der Waals surface area (Å²) in [4.78, 5) is 0. The van der Waals surface area contributed by atoms with Gasteiger partial charge >= 0.3 is 0 Å². The molecule has 0 amide bonds. The molecule has 1 N–H and O–H groups in total. The lowest BCUT2D eigenvalue weighted by Crippen LogP contribution is -2.38. The highest BCUT2D eigenvalue weighted by Gasteiger charge is 2.68. The molecule has 2 saturated carbocycles.